The molecule has 0 unspecified atom stereocenters. The van der Waals surface area contributed by atoms with Crippen molar-refractivity contribution < 1.29 is 33.0 Å². The second kappa shape index (κ2) is 11.0. The summed E-state index contributed by atoms with van der Waals surface area (Å²) in [5.74, 6) is -2.47. The summed E-state index contributed by atoms with van der Waals surface area (Å²) in [5.41, 5.74) is 0.311. The molecule has 0 aliphatic carbocycles. The molecule has 0 aliphatic rings. The molecule has 142 valence electrons. The van der Waals surface area contributed by atoms with Crippen LogP contribution >= 0.6 is 0 Å². The maximum Gasteiger partial charge on any atom is 0.328 e. The van der Waals surface area contributed by atoms with Crippen LogP contribution in [-0.4, -0.2) is 43.4 Å². The standard InChI is InChI=1S/C18H22FNO6/c1-3-26-18(24)14(20-16(22)10-11-17(23)25-2)8-9-15(21)12-4-6-13(19)7-5-12/h4-7,14H,3,8-11H2,1-2H3,(H,20,22)/t14-/m0/s1. The van der Waals surface area contributed by atoms with Gasteiger partial charge in [-0.3, -0.25) is 14.4 Å². The van der Waals surface area contributed by atoms with Crippen LogP contribution < -0.4 is 5.32 Å². The van der Waals surface area contributed by atoms with Gasteiger partial charge in [0.1, 0.15) is 11.9 Å². The number of carbonyl (C=O) groups excluding carboxylic acids is 4. The summed E-state index contributed by atoms with van der Waals surface area (Å²) in [6.45, 7) is 1.75. The van der Waals surface area contributed by atoms with Crippen molar-refractivity contribution in [2.75, 3.05) is 13.7 Å². The number of benzene rings is 1. The fraction of sp³-hybridized carbons (Fsp3) is 0.444. The van der Waals surface area contributed by atoms with Crippen LogP contribution in [0.25, 0.3) is 0 Å². The molecule has 26 heavy (non-hydrogen) atoms. The summed E-state index contributed by atoms with van der Waals surface area (Å²) in [6, 6.07) is 4.04. The third kappa shape index (κ3) is 7.42. The SMILES string of the molecule is CCOC(=O)[C@H](CCC(=O)c1ccc(F)cc1)NC(=O)CCC(=O)OC. The number of ether oxygens (including phenoxy) is 2. The average molecular weight is 367 g/mol. The minimum atomic E-state index is -1.01. The van der Waals surface area contributed by atoms with Gasteiger partial charge in [0.05, 0.1) is 20.1 Å². The van der Waals surface area contributed by atoms with Gasteiger partial charge in [0.25, 0.3) is 0 Å². The molecule has 1 amide bonds. The molecule has 1 aromatic rings. The Morgan fingerprint density at radius 2 is 1.73 bits per heavy atom. The third-order valence-electron chi connectivity index (χ3n) is 3.52. The number of rotatable bonds is 10. The fourth-order valence-corrected chi connectivity index (χ4v) is 2.13. The highest BCUT2D eigenvalue weighted by atomic mass is 19.1. The van der Waals surface area contributed by atoms with Gasteiger partial charge in [-0.15, -0.1) is 0 Å². The third-order valence-corrected chi connectivity index (χ3v) is 3.52. The van der Waals surface area contributed by atoms with Crippen molar-refractivity contribution in [3.05, 3.63) is 35.6 Å². The minimum Gasteiger partial charge on any atom is -0.469 e. The Labute approximate surface area is 150 Å². The first-order valence-corrected chi connectivity index (χ1v) is 8.19. The van der Waals surface area contributed by atoms with Crippen LogP contribution in [0, 0.1) is 5.82 Å². The Morgan fingerprint density at radius 3 is 2.31 bits per heavy atom. The highest BCUT2D eigenvalue weighted by Gasteiger charge is 2.23. The molecule has 1 aromatic carbocycles. The van der Waals surface area contributed by atoms with E-state index in [2.05, 4.69) is 10.1 Å². The fourth-order valence-electron chi connectivity index (χ4n) is 2.13. The normalized spacial score (nSPS) is 11.3. The van der Waals surface area contributed by atoms with E-state index in [-0.39, 0.29) is 38.1 Å². The van der Waals surface area contributed by atoms with Crippen LogP contribution in [0.1, 0.15) is 43.0 Å². The van der Waals surface area contributed by atoms with Gasteiger partial charge in [-0.25, -0.2) is 9.18 Å². The molecule has 0 aromatic heterocycles. The molecule has 0 bridgehead atoms. The van der Waals surface area contributed by atoms with Gasteiger partial charge in [0.2, 0.25) is 5.91 Å². The molecular formula is C18H22FNO6. The van der Waals surface area contributed by atoms with Crippen LogP contribution in [0.4, 0.5) is 4.39 Å². The molecule has 7 nitrogen and oxygen atoms in total. The largest absolute Gasteiger partial charge is 0.469 e. The quantitative estimate of drug-likeness (QED) is 0.500. The molecule has 0 heterocycles. The van der Waals surface area contributed by atoms with Gasteiger partial charge in [-0.05, 0) is 37.6 Å². The topological polar surface area (TPSA) is 98.8 Å². The van der Waals surface area contributed by atoms with Gasteiger partial charge in [-0.1, -0.05) is 0 Å². The Bertz CT molecular complexity index is 644. The maximum atomic E-state index is 12.9. The highest BCUT2D eigenvalue weighted by Crippen LogP contribution is 2.10. The number of Topliss-reactive ketones (excluding diaryl/α,β-unsaturated/α-hetero) is 1. The van der Waals surface area contributed by atoms with E-state index in [4.69, 9.17) is 4.74 Å². The Morgan fingerprint density at radius 1 is 1.08 bits per heavy atom. The number of nitrogens with one attached hydrogen (secondary N) is 1. The molecule has 0 saturated carbocycles. The van der Waals surface area contributed by atoms with Crippen LogP contribution in [0.3, 0.4) is 0 Å². The lowest BCUT2D eigenvalue weighted by molar-refractivity contribution is -0.147. The molecule has 0 saturated heterocycles. The van der Waals surface area contributed by atoms with Crippen molar-refractivity contribution in [2.24, 2.45) is 0 Å². The summed E-state index contributed by atoms with van der Waals surface area (Å²) >= 11 is 0. The lowest BCUT2D eigenvalue weighted by atomic mass is 10.0. The van der Waals surface area contributed by atoms with E-state index in [9.17, 15) is 23.6 Å². The van der Waals surface area contributed by atoms with E-state index < -0.39 is 29.7 Å². The van der Waals surface area contributed by atoms with Crippen LogP contribution in [0.2, 0.25) is 0 Å². The number of halogens is 1. The first kappa shape index (κ1) is 21.3. The first-order valence-electron chi connectivity index (χ1n) is 8.19. The average Bonchev–Trinajstić information content (AvgIpc) is 2.63. The van der Waals surface area contributed by atoms with E-state index in [0.717, 1.165) is 0 Å². The second-order valence-corrected chi connectivity index (χ2v) is 5.42. The zero-order valence-electron chi connectivity index (χ0n) is 14.7. The zero-order valence-corrected chi connectivity index (χ0v) is 14.7. The van der Waals surface area contributed by atoms with Crippen LogP contribution in [0.5, 0.6) is 0 Å². The predicted octanol–water partition coefficient (Wildman–Crippen LogP) is 1.79. The Balaban J connectivity index is 2.63. The summed E-state index contributed by atoms with van der Waals surface area (Å²) in [5, 5.41) is 2.46. The molecule has 0 spiro atoms. The van der Waals surface area contributed by atoms with Crippen molar-refractivity contribution in [3.63, 3.8) is 0 Å². The van der Waals surface area contributed by atoms with Crippen LogP contribution in [0.15, 0.2) is 24.3 Å². The van der Waals surface area contributed by atoms with Gasteiger partial charge < -0.3 is 14.8 Å². The Hall–Kier alpha value is -2.77. The second-order valence-electron chi connectivity index (χ2n) is 5.42. The number of hydrogen-bond donors (Lipinski definition) is 1. The minimum absolute atomic E-state index is 0.0268. The maximum absolute atomic E-state index is 12.9. The van der Waals surface area contributed by atoms with Gasteiger partial charge in [0, 0.05) is 18.4 Å². The van der Waals surface area contributed by atoms with Gasteiger partial charge >= 0.3 is 11.9 Å². The molecular weight excluding hydrogens is 345 g/mol. The van der Waals surface area contributed by atoms with Crippen LogP contribution in [-0.2, 0) is 23.9 Å². The van der Waals surface area contributed by atoms with E-state index in [1.807, 2.05) is 0 Å². The molecule has 0 fully saturated rings. The van der Waals surface area contributed by atoms with Crippen molar-refractivity contribution in [2.45, 2.75) is 38.6 Å². The summed E-state index contributed by atoms with van der Waals surface area (Å²) in [4.78, 5) is 47.1. The predicted molar refractivity (Wildman–Crippen MR) is 89.8 cm³/mol. The van der Waals surface area contributed by atoms with Crippen molar-refractivity contribution in [1.29, 1.82) is 0 Å². The van der Waals surface area contributed by atoms with E-state index in [1.54, 1.807) is 6.92 Å². The molecule has 1 N–H and O–H groups in total. The first-order chi connectivity index (χ1) is 12.4. The number of ketones is 1. The smallest absolute Gasteiger partial charge is 0.328 e. The van der Waals surface area contributed by atoms with Crippen molar-refractivity contribution in [1.82, 2.24) is 5.32 Å². The summed E-state index contributed by atoms with van der Waals surface area (Å²) < 4.78 is 22.2. The molecule has 1 rings (SSSR count). The lowest BCUT2D eigenvalue weighted by Crippen LogP contribution is -2.42. The number of hydrogen-bond acceptors (Lipinski definition) is 6. The molecule has 0 aliphatic heterocycles. The van der Waals surface area contributed by atoms with E-state index in [0.29, 0.717) is 5.56 Å². The molecule has 8 heteroatoms. The van der Waals surface area contributed by atoms with Crippen molar-refractivity contribution in [3.8, 4) is 0 Å². The lowest BCUT2D eigenvalue weighted by Gasteiger charge is -2.17. The number of amides is 1. The number of carbonyl (C=O) groups is 4. The highest BCUT2D eigenvalue weighted by molar-refractivity contribution is 5.96. The summed E-state index contributed by atoms with van der Waals surface area (Å²) in [6.07, 6.45) is -0.272. The van der Waals surface area contributed by atoms with Gasteiger partial charge in [-0.2, -0.15) is 0 Å². The summed E-state index contributed by atoms with van der Waals surface area (Å²) in [7, 11) is 1.21. The number of esters is 2. The van der Waals surface area contributed by atoms with E-state index in [1.165, 1.54) is 31.4 Å². The zero-order chi connectivity index (χ0) is 19.5. The van der Waals surface area contributed by atoms with E-state index >= 15 is 0 Å². The number of methoxy groups -OCH3 is 1. The molecule has 0 radical (unpaired) electrons. The van der Waals surface area contributed by atoms with Crippen molar-refractivity contribution >= 4 is 23.6 Å². The van der Waals surface area contributed by atoms with Gasteiger partial charge in [0.15, 0.2) is 5.78 Å². The Kier molecular flexibility index (Phi) is 8.97. The molecule has 1 atom stereocenters. The monoisotopic (exact) mass is 367 g/mol.